The fourth-order valence-electron chi connectivity index (χ4n) is 3.11. The number of benzene rings is 2. The maximum absolute atomic E-state index is 13.3. The summed E-state index contributed by atoms with van der Waals surface area (Å²) in [7, 11) is 0. The topological polar surface area (TPSA) is 66.5 Å². The summed E-state index contributed by atoms with van der Waals surface area (Å²) in [6, 6.07) is 14.4. The Morgan fingerprint density at radius 3 is 2.52 bits per heavy atom. The average molecular weight is 361 g/mol. The Balaban J connectivity index is 1.83. The third kappa shape index (κ3) is 3.38. The molecule has 0 fully saturated rings. The van der Waals surface area contributed by atoms with Gasteiger partial charge in [0, 0.05) is 23.1 Å². The Morgan fingerprint density at radius 1 is 1.04 bits per heavy atom. The summed E-state index contributed by atoms with van der Waals surface area (Å²) < 4.78 is 13.3. The molecule has 0 saturated heterocycles. The number of para-hydroxylation sites is 1. The molecule has 1 atom stereocenters. The van der Waals surface area contributed by atoms with Gasteiger partial charge in [-0.15, -0.1) is 0 Å². The second-order valence-corrected chi connectivity index (χ2v) is 6.74. The van der Waals surface area contributed by atoms with Crippen molar-refractivity contribution in [2.45, 2.75) is 26.7 Å². The van der Waals surface area contributed by atoms with Crippen LogP contribution in [0.5, 0.6) is 0 Å². The van der Waals surface area contributed by atoms with E-state index in [1.165, 1.54) is 12.1 Å². The minimum absolute atomic E-state index is 0.0731. The molecule has 4 rings (SSSR count). The zero-order valence-corrected chi connectivity index (χ0v) is 15.4. The maximum Gasteiger partial charge on any atom is 0.153 e. The van der Waals surface area contributed by atoms with Crippen LogP contribution in [0.15, 0.2) is 48.5 Å². The molecule has 0 radical (unpaired) electrons. The number of aromatic amines is 1. The lowest BCUT2D eigenvalue weighted by Gasteiger charge is -2.15. The minimum atomic E-state index is -0.252. The van der Waals surface area contributed by atoms with E-state index in [2.05, 4.69) is 15.5 Å². The molecule has 0 saturated carbocycles. The van der Waals surface area contributed by atoms with Crippen molar-refractivity contribution in [2.75, 3.05) is 5.32 Å². The number of rotatable bonds is 4. The van der Waals surface area contributed by atoms with Crippen molar-refractivity contribution in [3.8, 4) is 0 Å². The van der Waals surface area contributed by atoms with Crippen LogP contribution in [0, 0.1) is 19.7 Å². The van der Waals surface area contributed by atoms with Gasteiger partial charge in [0.2, 0.25) is 0 Å². The molecule has 0 aliphatic rings. The molecule has 0 amide bonds. The third-order valence-corrected chi connectivity index (χ3v) is 4.66. The molecule has 0 aliphatic carbocycles. The number of nitrogens with zero attached hydrogens (tertiary/aromatic N) is 3. The van der Waals surface area contributed by atoms with Gasteiger partial charge in [-0.25, -0.2) is 14.4 Å². The van der Waals surface area contributed by atoms with E-state index in [-0.39, 0.29) is 11.7 Å². The van der Waals surface area contributed by atoms with E-state index in [0.717, 1.165) is 27.7 Å². The summed E-state index contributed by atoms with van der Waals surface area (Å²) in [5.41, 5.74) is 3.90. The summed E-state index contributed by atoms with van der Waals surface area (Å²) in [6.07, 6.45) is 0. The summed E-state index contributed by atoms with van der Waals surface area (Å²) >= 11 is 0. The standard InChI is InChI=1S/C21H20FN5/c1-12-5-4-6-17-19(12)24-20(14(3)15-7-9-16(22)10-8-15)25-21(17)23-18-11-13(2)26-27-18/h4-11,14H,1-3H3,(H2,23,24,25,26,27). The molecule has 0 bridgehead atoms. The first kappa shape index (κ1) is 17.1. The minimum Gasteiger partial charge on any atom is -0.323 e. The van der Waals surface area contributed by atoms with Gasteiger partial charge < -0.3 is 5.32 Å². The van der Waals surface area contributed by atoms with Crippen molar-refractivity contribution >= 4 is 22.5 Å². The van der Waals surface area contributed by atoms with Crippen molar-refractivity contribution < 1.29 is 4.39 Å². The zero-order chi connectivity index (χ0) is 19.0. The van der Waals surface area contributed by atoms with E-state index in [9.17, 15) is 4.39 Å². The normalized spacial score (nSPS) is 12.3. The second-order valence-electron chi connectivity index (χ2n) is 6.74. The highest BCUT2D eigenvalue weighted by molar-refractivity contribution is 5.92. The molecule has 0 spiro atoms. The van der Waals surface area contributed by atoms with Crippen molar-refractivity contribution in [3.63, 3.8) is 0 Å². The highest BCUT2D eigenvalue weighted by Gasteiger charge is 2.17. The van der Waals surface area contributed by atoms with Crippen molar-refractivity contribution in [2.24, 2.45) is 0 Å². The molecule has 0 aliphatic heterocycles. The number of hydrogen-bond acceptors (Lipinski definition) is 4. The number of aromatic nitrogens is 4. The molecule has 136 valence electrons. The number of hydrogen-bond donors (Lipinski definition) is 2. The summed E-state index contributed by atoms with van der Waals surface area (Å²) in [5, 5.41) is 11.4. The molecule has 6 heteroatoms. The number of H-pyrrole nitrogens is 1. The molecule has 27 heavy (non-hydrogen) atoms. The van der Waals surface area contributed by atoms with Gasteiger partial charge in [0.25, 0.3) is 0 Å². The Morgan fingerprint density at radius 2 is 1.81 bits per heavy atom. The quantitative estimate of drug-likeness (QED) is 0.536. The Hall–Kier alpha value is -3.28. The Labute approximate surface area is 156 Å². The van der Waals surface area contributed by atoms with E-state index in [1.54, 1.807) is 12.1 Å². The molecular weight excluding hydrogens is 341 g/mol. The summed E-state index contributed by atoms with van der Waals surface area (Å²) in [5.74, 6) is 1.76. The van der Waals surface area contributed by atoms with Crippen LogP contribution in [0.3, 0.4) is 0 Å². The SMILES string of the molecule is Cc1cc(Nc2nc(C(C)c3ccc(F)cc3)nc3c(C)cccc23)n[nH]1. The van der Waals surface area contributed by atoms with Gasteiger partial charge in [-0.2, -0.15) is 5.10 Å². The molecule has 1 unspecified atom stereocenters. The van der Waals surface area contributed by atoms with Crippen LogP contribution in [0.1, 0.15) is 35.5 Å². The predicted molar refractivity (Wildman–Crippen MR) is 105 cm³/mol. The second kappa shape index (κ2) is 6.79. The zero-order valence-electron chi connectivity index (χ0n) is 15.4. The van der Waals surface area contributed by atoms with Crippen LogP contribution in [0.25, 0.3) is 10.9 Å². The highest BCUT2D eigenvalue weighted by atomic mass is 19.1. The largest absolute Gasteiger partial charge is 0.323 e. The van der Waals surface area contributed by atoms with E-state index < -0.39 is 0 Å². The number of nitrogens with one attached hydrogen (secondary N) is 2. The molecule has 2 heterocycles. The first-order chi connectivity index (χ1) is 13.0. The van der Waals surface area contributed by atoms with Crippen LogP contribution < -0.4 is 5.32 Å². The van der Waals surface area contributed by atoms with Crippen molar-refractivity contribution in [1.29, 1.82) is 0 Å². The molecule has 2 N–H and O–H groups in total. The number of halogens is 1. The van der Waals surface area contributed by atoms with Gasteiger partial charge in [0.15, 0.2) is 5.82 Å². The lowest BCUT2D eigenvalue weighted by Crippen LogP contribution is -2.07. The molecule has 2 aromatic carbocycles. The van der Waals surface area contributed by atoms with Crippen LogP contribution >= 0.6 is 0 Å². The van der Waals surface area contributed by atoms with Crippen LogP contribution in [-0.4, -0.2) is 20.2 Å². The van der Waals surface area contributed by atoms with Gasteiger partial charge in [-0.05, 0) is 43.2 Å². The highest BCUT2D eigenvalue weighted by Crippen LogP contribution is 2.29. The average Bonchev–Trinajstić information content (AvgIpc) is 3.07. The smallest absolute Gasteiger partial charge is 0.153 e. The molecular formula is C21H20FN5. The lowest BCUT2D eigenvalue weighted by atomic mass is 10.00. The lowest BCUT2D eigenvalue weighted by molar-refractivity contribution is 0.626. The van der Waals surface area contributed by atoms with Crippen molar-refractivity contribution in [3.05, 3.63) is 77.0 Å². The van der Waals surface area contributed by atoms with Gasteiger partial charge in [-0.1, -0.05) is 31.2 Å². The van der Waals surface area contributed by atoms with Crippen molar-refractivity contribution in [1.82, 2.24) is 20.2 Å². The number of anilines is 2. The monoisotopic (exact) mass is 361 g/mol. The van der Waals surface area contributed by atoms with E-state index >= 15 is 0 Å². The van der Waals surface area contributed by atoms with Gasteiger partial charge in [0.1, 0.15) is 17.5 Å². The molecule has 4 aromatic rings. The first-order valence-corrected chi connectivity index (χ1v) is 8.83. The van der Waals surface area contributed by atoms with E-state index in [1.807, 2.05) is 45.0 Å². The summed E-state index contributed by atoms with van der Waals surface area (Å²) in [4.78, 5) is 9.58. The summed E-state index contributed by atoms with van der Waals surface area (Å²) in [6.45, 7) is 6.00. The van der Waals surface area contributed by atoms with E-state index in [4.69, 9.17) is 9.97 Å². The number of aryl methyl sites for hydroxylation is 2. The van der Waals surface area contributed by atoms with Gasteiger partial charge >= 0.3 is 0 Å². The van der Waals surface area contributed by atoms with Crippen LogP contribution in [0.4, 0.5) is 16.0 Å². The Bertz CT molecular complexity index is 1100. The van der Waals surface area contributed by atoms with Gasteiger partial charge in [0.05, 0.1) is 5.52 Å². The van der Waals surface area contributed by atoms with E-state index in [0.29, 0.717) is 17.5 Å². The fraction of sp³-hybridized carbons (Fsp3) is 0.190. The Kier molecular flexibility index (Phi) is 4.32. The number of fused-ring (bicyclic) bond motifs is 1. The van der Waals surface area contributed by atoms with Crippen LogP contribution in [-0.2, 0) is 0 Å². The molecule has 5 nitrogen and oxygen atoms in total. The molecule has 2 aromatic heterocycles. The van der Waals surface area contributed by atoms with Gasteiger partial charge in [-0.3, -0.25) is 5.10 Å². The maximum atomic E-state index is 13.3. The predicted octanol–water partition coefficient (Wildman–Crippen LogP) is 5.00. The third-order valence-electron chi connectivity index (χ3n) is 4.66. The fourth-order valence-corrected chi connectivity index (χ4v) is 3.11. The first-order valence-electron chi connectivity index (χ1n) is 8.83. The van der Waals surface area contributed by atoms with Crippen LogP contribution in [0.2, 0.25) is 0 Å².